The highest BCUT2D eigenvalue weighted by atomic mass is 32.2. The Kier molecular flexibility index (Phi) is 4.96. The summed E-state index contributed by atoms with van der Waals surface area (Å²) in [6.45, 7) is 3.24. The van der Waals surface area contributed by atoms with Gasteiger partial charge < -0.3 is 5.11 Å². The zero-order valence-corrected chi connectivity index (χ0v) is 15.8. The number of aryl methyl sites for hydroxylation is 2. The van der Waals surface area contributed by atoms with Crippen LogP contribution in [0.3, 0.4) is 0 Å². The average Bonchev–Trinajstić information content (AvgIpc) is 2.97. The molecule has 1 aromatic heterocycles. The second kappa shape index (κ2) is 7.22. The molecule has 0 unspecified atom stereocenters. The average molecular weight is 396 g/mol. The van der Waals surface area contributed by atoms with E-state index < -0.39 is 10.0 Å². The summed E-state index contributed by atoms with van der Waals surface area (Å²) in [5.74, 6) is -0.331. The first-order chi connectivity index (χ1) is 13.2. The van der Waals surface area contributed by atoms with E-state index in [1.807, 2.05) is 12.1 Å². The molecule has 0 aliphatic carbocycles. The van der Waals surface area contributed by atoms with Crippen LogP contribution in [0, 0.1) is 25.2 Å². The number of azo groups is 1. The standard InChI is InChI=1S/C18H16N6O3S/c1-11-9-16(28(20,26)27)12(2)8-14(11)21-22-17-15(10-19)23-24(18(17)25)13-6-4-3-5-7-13/h3-9,25H,1-2H3,(H2,20,26,27). The molecule has 3 N–H and O–H groups in total. The summed E-state index contributed by atoms with van der Waals surface area (Å²) < 4.78 is 24.4. The summed E-state index contributed by atoms with van der Waals surface area (Å²) in [4.78, 5) is 0.00130. The van der Waals surface area contributed by atoms with E-state index in [2.05, 4.69) is 15.3 Å². The van der Waals surface area contributed by atoms with E-state index in [0.717, 1.165) is 0 Å². The molecule has 0 bridgehead atoms. The number of primary sulfonamides is 1. The molecule has 0 amide bonds. The van der Waals surface area contributed by atoms with Crippen molar-refractivity contribution < 1.29 is 13.5 Å². The lowest BCUT2D eigenvalue weighted by Gasteiger charge is -2.07. The van der Waals surface area contributed by atoms with Gasteiger partial charge in [0.1, 0.15) is 6.07 Å². The van der Waals surface area contributed by atoms with E-state index in [1.165, 1.54) is 16.8 Å². The van der Waals surface area contributed by atoms with Crippen molar-refractivity contribution in [3.8, 4) is 17.6 Å². The normalized spacial score (nSPS) is 11.6. The maximum absolute atomic E-state index is 11.6. The van der Waals surface area contributed by atoms with Gasteiger partial charge in [0.25, 0.3) is 0 Å². The van der Waals surface area contributed by atoms with Crippen molar-refractivity contribution in [3.63, 3.8) is 0 Å². The zero-order valence-electron chi connectivity index (χ0n) is 15.0. The highest BCUT2D eigenvalue weighted by molar-refractivity contribution is 7.89. The first-order valence-electron chi connectivity index (χ1n) is 8.05. The number of benzene rings is 2. The van der Waals surface area contributed by atoms with Crippen LogP contribution in [0.4, 0.5) is 11.4 Å². The summed E-state index contributed by atoms with van der Waals surface area (Å²) in [6, 6.07) is 13.6. The van der Waals surface area contributed by atoms with Crippen LogP contribution in [0.5, 0.6) is 5.88 Å². The molecule has 0 atom stereocenters. The van der Waals surface area contributed by atoms with Gasteiger partial charge in [-0.3, -0.25) is 0 Å². The van der Waals surface area contributed by atoms with Gasteiger partial charge in [-0.25, -0.2) is 13.6 Å². The first kappa shape index (κ1) is 19.2. The molecule has 0 fully saturated rings. The number of rotatable bonds is 4. The molecular formula is C18H16N6O3S. The zero-order chi connectivity index (χ0) is 20.5. The molecular weight excluding hydrogens is 380 g/mol. The summed E-state index contributed by atoms with van der Waals surface area (Å²) in [7, 11) is -3.85. The highest BCUT2D eigenvalue weighted by Gasteiger charge is 2.19. The Bertz CT molecular complexity index is 1220. The lowest BCUT2D eigenvalue weighted by Crippen LogP contribution is -2.13. The van der Waals surface area contributed by atoms with E-state index in [4.69, 9.17) is 5.14 Å². The van der Waals surface area contributed by atoms with Crippen LogP contribution < -0.4 is 5.14 Å². The summed E-state index contributed by atoms with van der Waals surface area (Å²) >= 11 is 0. The summed E-state index contributed by atoms with van der Waals surface area (Å²) in [5, 5.41) is 37.0. The molecule has 0 saturated carbocycles. The van der Waals surface area contributed by atoms with E-state index in [-0.39, 0.29) is 22.2 Å². The van der Waals surface area contributed by atoms with Gasteiger partial charge in [0.05, 0.1) is 16.3 Å². The van der Waals surface area contributed by atoms with Crippen molar-refractivity contribution in [2.45, 2.75) is 18.7 Å². The molecule has 10 heteroatoms. The molecule has 1 heterocycles. The number of nitrogens with zero attached hydrogens (tertiary/aromatic N) is 5. The number of aromatic nitrogens is 2. The van der Waals surface area contributed by atoms with Gasteiger partial charge in [-0.2, -0.15) is 15.0 Å². The monoisotopic (exact) mass is 396 g/mol. The van der Waals surface area contributed by atoms with Gasteiger partial charge in [0, 0.05) is 0 Å². The fourth-order valence-corrected chi connectivity index (χ4v) is 3.46. The smallest absolute Gasteiger partial charge is 0.244 e. The van der Waals surface area contributed by atoms with Gasteiger partial charge in [0.2, 0.25) is 15.9 Å². The SMILES string of the molecule is Cc1cc(S(N)(=O)=O)c(C)cc1N=Nc1c(C#N)nn(-c2ccccc2)c1O. The number of hydrogen-bond acceptors (Lipinski definition) is 7. The summed E-state index contributed by atoms with van der Waals surface area (Å²) in [5.41, 5.74) is 1.68. The quantitative estimate of drug-likeness (QED) is 0.650. The Hall–Kier alpha value is -3.55. The Morgan fingerprint density at radius 3 is 2.43 bits per heavy atom. The third-order valence-corrected chi connectivity index (χ3v) is 5.05. The molecule has 0 radical (unpaired) electrons. The number of nitriles is 1. The fourth-order valence-electron chi connectivity index (χ4n) is 2.61. The molecule has 0 saturated heterocycles. The first-order valence-corrected chi connectivity index (χ1v) is 9.60. The largest absolute Gasteiger partial charge is 0.492 e. The van der Waals surface area contributed by atoms with Crippen LogP contribution in [-0.2, 0) is 10.0 Å². The van der Waals surface area contributed by atoms with Crippen molar-refractivity contribution in [2.75, 3.05) is 0 Å². The highest BCUT2D eigenvalue weighted by Crippen LogP contribution is 2.34. The van der Waals surface area contributed by atoms with Gasteiger partial charge in [-0.05, 0) is 49.2 Å². The third kappa shape index (κ3) is 3.62. The maximum atomic E-state index is 11.6. The number of sulfonamides is 1. The maximum Gasteiger partial charge on any atom is 0.244 e. The number of hydrogen-bond donors (Lipinski definition) is 2. The lowest BCUT2D eigenvalue weighted by molar-refractivity contribution is 0.434. The minimum Gasteiger partial charge on any atom is -0.492 e. The van der Waals surface area contributed by atoms with Crippen LogP contribution in [0.25, 0.3) is 5.69 Å². The Morgan fingerprint density at radius 1 is 1.14 bits per heavy atom. The third-order valence-electron chi connectivity index (χ3n) is 4.00. The van der Waals surface area contributed by atoms with Crippen LogP contribution >= 0.6 is 0 Å². The van der Waals surface area contributed by atoms with Gasteiger partial charge in [-0.15, -0.1) is 10.2 Å². The molecule has 142 valence electrons. The minimum atomic E-state index is -3.85. The minimum absolute atomic E-state index is 0.00130. The molecule has 2 aromatic carbocycles. The van der Waals surface area contributed by atoms with Crippen molar-refractivity contribution in [3.05, 3.63) is 59.3 Å². The van der Waals surface area contributed by atoms with Crippen molar-refractivity contribution in [1.29, 1.82) is 5.26 Å². The Morgan fingerprint density at radius 2 is 1.82 bits per heavy atom. The van der Waals surface area contributed by atoms with Crippen LogP contribution in [0.2, 0.25) is 0 Å². The molecule has 0 aliphatic heterocycles. The van der Waals surface area contributed by atoms with Crippen LogP contribution in [0.1, 0.15) is 16.8 Å². The second-order valence-electron chi connectivity index (χ2n) is 6.03. The van der Waals surface area contributed by atoms with Crippen LogP contribution in [0.15, 0.2) is 57.6 Å². The lowest BCUT2D eigenvalue weighted by atomic mass is 10.1. The molecule has 3 rings (SSSR count). The topological polar surface area (TPSA) is 147 Å². The van der Waals surface area contributed by atoms with Crippen molar-refractivity contribution in [1.82, 2.24) is 9.78 Å². The van der Waals surface area contributed by atoms with Crippen LogP contribution in [-0.4, -0.2) is 23.3 Å². The number of para-hydroxylation sites is 1. The second-order valence-corrected chi connectivity index (χ2v) is 7.56. The van der Waals surface area contributed by atoms with Gasteiger partial charge >= 0.3 is 0 Å². The molecule has 0 spiro atoms. The number of aromatic hydroxyl groups is 1. The van der Waals surface area contributed by atoms with Crippen molar-refractivity contribution in [2.24, 2.45) is 15.4 Å². The molecule has 28 heavy (non-hydrogen) atoms. The van der Waals surface area contributed by atoms with Gasteiger partial charge in [0.15, 0.2) is 11.4 Å². The fraction of sp³-hybridized carbons (Fsp3) is 0.111. The molecule has 3 aromatic rings. The predicted octanol–water partition coefficient (Wildman–Crippen LogP) is 3.13. The molecule has 9 nitrogen and oxygen atoms in total. The Balaban J connectivity index is 2.05. The predicted molar refractivity (Wildman–Crippen MR) is 101 cm³/mol. The number of nitrogens with two attached hydrogens (primary N) is 1. The van der Waals surface area contributed by atoms with Gasteiger partial charge in [-0.1, -0.05) is 18.2 Å². The summed E-state index contributed by atoms with van der Waals surface area (Å²) in [6.07, 6.45) is 0. The van der Waals surface area contributed by atoms with E-state index in [1.54, 1.807) is 38.1 Å². The van der Waals surface area contributed by atoms with Crippen molar-refractivity contribution >= 4 is 21.4 Å². The molecule has 0 aliphatic rings. The van der Waals surface area contributed by atoms with E-state index in [9.17, 15) is 18.8 Å². The van der Waals surface area contributed by atoms with E-state index >= 15 is 0 Å². The van der Waals surface area contributed by atoms with E-state index in [0.29, 0.717) is 22.5 Å². The Labute approximate surface area is 161 Å².